The molecule has 1 aliphatic carbocycles. The predicted molar refractivity (Wildman–Crippen MR) is 161 cm³/mol. The zero-order valence-corrected chi connectivity index (χ0v) is 24.4. The number of halogens is 2. The molecule has 0 aliphatic heterocycles. The molecule has 6 nitrogen and oxygen atoms in total. The molecule has 1 aliphatic rings. The number of benzene rings is 3. The minimum atomic E-state index is -0.482. The summed E-state index contributed by atoms with van der Waals surface area (Å²) in [5.41, 5.74) is 5.57. The third kappa shape index (κ3) is 6.57. The van der Waals surface area contributed by atoms with E-state index in [1.54, 1.807) is 30.5 Å². The number of ether oxygens (including phenoxy) is 2. The Morgan fingerprint density at radius 1 is 1.12 bits per heavy atom. The van der Waals surface area contributed by atoms with Crippen molar-refractivity contribution in [3.63, 3.8) is 0 Å². The van der Waals surface area contributed by atoms with Gasteiger partial charge in [-0.15, -0.1) is 0 Å². The molecule has 2 N–H and O–H groups in total. The maximum Gasteiger partial charge on any atom is 0.142 e. The van der Waals surface area contributed by atoms with Gasteiger partial charge in [-0.3, -0.25) is 4.98 Å². The molecule has 0 saturated carbocycles. The van der Waals surface area contributed by atoms with Gasteiger partial charge in [-0.1, -0.05) is 54.9 Å². The number of fused-ring (bicyclic) bond motifs is 1. The van der Waals surface area contributed by atoms with Crippen LogP contribution in [0.2, 0.25) is 5.02 Å². The second-order valence-corrected chi connectivity index (χ2v) is 10.9. The third-order valence-electron chi connectivity index (χ3n) is 7.69. The SMILES string of the molecule is CCC(O)C(C)NCc1cc(Cl)c(O[C@H]2CCc3c(-c4ccccc4F)cccc32)cc1OCc1cncc(C#N)c1. The molecular formula is C34H33ClFN3O3. The Morgan fingerprint density at radius 3 is 2.71 bits per heavy atom. The van der Waals surface area contributed by atoms with E-state index >= 15 is 0 Å². The van der Waals surface area contributed by atoms with Gasteiger partial charge in [-0.25, -0.2) is 4.39 Å². The normalized spacial score (nSPS) is 15.5. The van der Waals surface area contributed by atoms with Crippen molar-refractivity contribution in [1.29, 1.82) is 5.26 Å². The summed E-state index contributed by atoms with van der Waals surface area (Å²) in [6, 6.07) is 20.0. The van der Waals surface area contributed by atoms with E-state index in [0.717, 1.165) is 40.7 Å². The molecule has 5 rings (SSSR count). The molecule has 2 unspecified atom stereocenters. The Bertz CT molecular complexity index is 1610. The second kappa shape index (κ2) is 13.3. The van der Waals surface area contributed by atoms with Crippen LogP contribution in [0.3, 0.4) is 0 Å². The van der Waals surface area contributed by atoms with E-state index in [2.05, 4.69) is 16.4 Å². The van der Waals surface area contributed by atoms with Gasteiger partial charge in [0, 0.05) is 47.7 Å². The first-order chi connectivity index (χ1) is 20.4. The molecule has 0 bridgehead atoms. The Labute approximate surface area is 250 Å². The van der Waals surface area contributed by atoms with E-state index in [1.807, 2.05) is 44.2 Å². The fourth-order valence-electron chi connectivity index (χ4n) is 5.31. The van der Waals surface area contributed by atoms with Crippen LogP contribution >= 0.6 is 11.6 Å². The largest absolute Gasteiger partial charge is 0.488 e. The molecule has 3 aromatic carbocycles. The maximum atomic E-state index is 14.6. The first kappa shape index (κ1) is 29.5. The summed E-state index contributed by atoms with van der Waals surface area (Å²) in [6.45, 7) is 4.48. The van der Waals surface area contributed by atoms with Gasteiger partial charge in [-0.2, -0.15) is 5.26 Å². The van der Waals surface area contributed by atoms with Crippen LogP contribution in [0.25, 0.3) is 11.1 Å². The van der Waals surface area contributed by atoms with Crippen molar-refractivity contribution < 1.29 is 19.0 Å². The number of hydrogen-bond acceptors (Lipinski definition) is 6. The van der Waals surface area contributed by atoms with E-state index in [4.69, 9.17) is 21.1 Å². The number of aliphatic hydroxyl groups excluding tert-OH is 1. The van der Waals surface area contributed by atoms with Gasteiger partial charge in [-0.05, 0) is 61.1 Å². The van der Waals surface area contributed by atoms with E-state index in [-0.39, 0.29) is 24.6 Å². The third-order valence-corrected chi connectivity index (χ3v) is 7.99. The fourth-order valence-corrected chi connectivity index (χ4v) is 5.54. The average Bonchev–Trinajstić information content (AvgIpc) is 3.43. The Hall–Kier alpha value is -3.96. The van der Waals surface area contributed by atoms with Crippen LogP contribution in [0.5, 0.6) is 11.5 Å². The number of aromatic nitrogens is 1. The predicted octanol–water partition coefficient (Wildman–Crippen LogP) is 7.31. The molecule has 4 aromatic rings. The van der Waals surface area contributed by atoms with Crippen LogP contribution < -0.4 is 14.8 Å². The molecule has 1 aromatic heterocycles. The van der Waals surface area contributed by atoms with Crippen molar-refractivity contribution in [2.45, 2.75) is 64.5 Å². The summed E-state index contributed by atoms with van der Waals surface area (Å²) in [6.07, 6.45) is 4.55. The zero-order valence-electron chi connectivity index (χ0n) is 23.6. The molecular weight excluding hydrogens is 553 g/mol. The summed E-state index contributed by atoms with van der Waals surface area (Å²) in [7, 11) is 0. The quantitative estimate of drug-likeness (QED) is 0.192. The standard InChI is InChI=1S/C34H33ClFN3O3/c1-3-31(40)21(2)39-19-24-14-29(35)34(15-33(24)41-20-23-13-22(16-37)17-38-18-23)42-32-12-11-26-25(8-6-9-28(26)32)27-7-4-5-10-30(27)36/h4-10,13-15,17-18,21,31-32,39-40H,3,11-12,19-20H2,1-2H3/t21?,31?,32-/m0/s1. The smallest absolute Gasteiger partial charge is 0.142 e. The van der Waals surface area contributed by atoms with E-state index in [1.165, 1.54) is 12.3 Å². The Balaban J connectivity index is 1.42. The van der Waals surface area contributed by atoms with Crippen LogP contribution in [-0.2, 0) is 19.6 Å². The summed E-state index contributed by atoms with van der Waals surface area (Å²) < 4.78 is 27.4. The average molecular weight is 586 g/mol. The molecule has 0 radical (unpaired) electrons. The highest BCUT2D eigenvalue weighted by Crippen LogP contribution is 2.43. The number of nitrogens with one attached hydrogen (secondary N) is 1. The van der Waals surface area contributed by atoms with Crippen molar-refractivity contribution in [3.8, 4) is 28.7 Å². The molecule has 0 amide bonds. The van der Waals surface area contributed by atoms with Crippen molar-refractivity contribution in [2.75, 3.05) is 0 Å². The van der Waals surface area contributed by atoms with Crippen molar-refractivity contribution in [3.05, 3.63) is 112 Å². The van der Waals surface area contributed by atoms with Gasteiger partial charge in [0.2, 0.25) is 0 Å². The molecule has 0 spiro atoms. The van der Waals surface area contributed by atoms with Gasteiger partial charge in [0.05, 0.1) is 16.7 Å². The van der Waals surface area contributed by atoms with Crippen LogP contribution in [0.1, 0.15) is 60.6 Å². The lowest BCUT2D eigenvalue weighted by Gasteiger charge is -2.22. The lowest BCUT2D eigenvalue weighted by atomic mass is 9.96. The highest BCUT2D eigenvalue weighted by atomic mass is 35.5. The Morgan fingerprint density at radius 2 is 1.93 bits per heavy atom. The van der Waals surface area contributed by atoms with E-state index in [0.29, 0.717) is 40.6 Å². The second-order valence-electron chi connectivity index (χ2n) is 10.5. The van der Waals surface area contributed by atoms with Crippen LogP contribution in [0, 0.1) is 17.1 Å². The lowest BCUT2D eigenvalue weighted by Crippen LogP contribution is -2.36. The first-order valence-corrected chi connectivity index (χ1v) is 14.5. The van der Waals surface area contributed by atoms with Gasteiger partial charge >= 0.3 is 0 Å². The fraction of sp³-hybridized carbons (Fsp3) is 0.294. The van der Waals surface area contributed by atoms with Gasteiger partial charge in [0.25, 0.3) is 0 Å². The number of hydrogen-bond donors (Lipinski definition) is 2. The highest BCUT2D eigenvalue weighted by molar-refractivity contribution is 6.32. The van der Waals surface area contributed by atoms with E-state index in [9.17, 15) is 14.8 Å². The number of nitrogens with zero attached hydrogens (tertiary/aromatic N) is 2. The monoisotopic (exact) mass is 585 g/mol. The molecule has 216 valence electrons. The molecule has 8 heteroatoms. The van der Waals surface area contributed by atoms with Gasteiger partial charge in [0.1, 0.15) is 36.1 Å². The maximum absolute atomic E-state index is 14.6. The molecule has 1 heterocycles. The minimum absolute atomic E-state index is 0.132. The summed E-state index contributed by atoms with van der Waals surface area (Å²) >= 11 is 6.76. The van der Waals surface area contributed by atoms with Crippen molar-refractivity contribution in [1.82, 2.24) is 10.3 Å². The van der Waals surface area contributed by atoms with Crippen molar-refractivity contribution >= 4 is 11.6 Å². The molecule has 0 saturated heterocycles. The molecule has 42 heavy (non-hydrogen) atoms. The van der Waals surface area contributed by atoms with Crippen LogP contribution in [0.4, 0.5) is 4.39 Å². The topological polar surface area (TPSA) is 87.4 Å². The lowest BCUT2D eigenvalue weighted by molar-refractivity contribution is 0.129. The first-order valence-electron chi connectivity index (χ1n) is 14.1. The summed E-state index contributed by atoms with van der Waals surface area (Å²) in [5.74, 6) is 0.802. The van der Waals surface area contributed by atoms with Crippen LogP contribution in [-0.4, -0.2) is 22.2 Å². The molecule has 3 atom stereocenters. The van der Waals surface area contributed by atoms with Gasteiger partial charge in [0.15, 0.2) is 0 Å². The molecule has 0 fully saturated rings. The Kier molecular flexibility index (Phi) is 9.38. The number of pyridine rings is 1. The zero-order chi connectivity index (χ0) is 29.6. The highest BCUT2D eigenvalue weighted by Gasteiger charge is 2.28. The number of nitriles is 1. The summed E-state index contributed by atoms with van der Waals surface area (Å²) in [5, 5.41) is 23.3. The minimum Gasteiger partial charge on any atom is -0.488 e. The van der Waals surface area contributed by atoms with Crippen LogP contribution in [0.15, 0.2) is 73.1 Å². The number of rotatable bonds is 11. The summed E-state index contributed by atoms with van der Waals surface area (Å²) in [4.78, 5) is 4.12. The van der Waals surface area contributed by atoms with Crippen molar-refractivity contribution in [2.24, 2.45) is 0 Å². The van der Waals surface area contributed by atoms with Gasteiger partial charge < -0.3 is 19.9 Å². The van der Waals surface area contributed by atoms with E-state index < -0.39 is 6.10 Å². The number of aliphatic hydroxyl groups is 1.